The molecule has 0 aromatic heterocycles. The first kappa shape index (κ1) is 12.0. The SMILES string of the molecule is COC(=O)C1(C2(c3ccc(Cl)cc3)COC2)CC1. The fourth-order valence-electron chi connectivity index (χ4n) is 2.99. The summed E-state index contributed by atoms with van der Waals surface area (Å²) in [4.78, 5) is 12.1. The van der Waals surface area contributed by atoms with Crippen LogP contribution in [0.25, 0.3) is 0 Å². The number of carbonyl (C=O) groups excluding carboxylic acids is 1. The Hall–Kier alpha value is -1.06. The van der Waals surface area contributed by atoms with Crippen LogP contribution in [0, 0.1) is 5.41 Å². The van der Waals surface area contributed by atoms with Crippen LogP contribution < -0.4 is 0 Å². The van der Waals surface area contributed by atoms with E-state index in [4.69, 9.17) is 21.1 Å². The van der Waals surface area contributed by atoms with Gasteiger partial charge in [-0.2, -0.15) is 0 Å². The summed E-state index contributed by atoms with van der Waals surface area (Å²) >= 11 is 5.92. The Bertz CT molecular complexity index is 472. The summed E-state index contributed by atoms with van der Waals surface area (Å²) in [5.41, 5.74) is 0.527. The second-order valence-corrected chi connectivity index (χ2v) is 5.59. The summed E-state index contributed by atoms with van der Waals surface area (Å²) < 4.78 is 10.4. The molecule has 1 saturated carbocycles. The van der Waals surface area contributed by atoms with Crippen LogP contribution in [0.15, 0.2) is 24.3 Å². The van der Waals surface area contributed by atoms with Gasteiger partial charge in [0, 0.05) is 5.02 Å². The molecule has 2 fully saturated rings. The van der Waals surface area contributed by atoms with Crippen LogP contribution in [0.2, 0.25) is 5.02 Å². The zero-order chi connectivity index (χ0) is 12.8. The first-order valence-corrected chi connectivity index (χ1v) is 6.45. The van der Waals surface area contributed by atoms with Crippen LogP contribution in [0.3, 0.4) is 0 Å². The van der Waals surface area contributed by atoms with Crippen molar-refractivity contribution in [1.29, 1.82) is 0 Å². The molecular weight excluding hydrogens is 252 g/mol. The van der Waals surface area contributed by atoms with E-state index in [0.29, 0.717) is 18.2 Å². The van der Waals surface area contributed by atoms with Crippen molar-refractivity contribution in [2.45, 2.75) is 18.3 Å². The number of benzene rings is 1. The molecule has 0 radical (unpaired) electrons. The van der Waals surface area contributed by atoms with Gasteiger partial charge < -0.3 is 9.47 Å². The Balaban J connectivity index is 2.00. The first-order valence-electron chi connectivity index (χ1n) is 6.07. The Labute approximate surface area is 111 Å². The third kappa shape index (κ3) is 1.44. The van der Waals surface area contributed by atoms with E-state index in [-0.39, 0.29) is 16.8 Å². The van der Waals surface area contributed by atoms with Gasteiger partial charge >= 0.3 is 5.97 Å². The minimum absolute atomic E-state index is 0.110. The monoisotopic (exact) mass is 266 g/mol. The highest BCUT2D eigenvalue weighted by Crippen LogP contribution is 2.63. The van der Waals surface area contributed by atoms with Crippen molar-refractivity contribution in [2.24, 2.45) is 5.41 Å². The van der Waals surface area contributed by atoms with Crippen LogP contribution in [0.1, 0.15) is 18.4 Å². The average Bonchev–Trinajstić information content (AvgIpc) is 3.11. The molecule has 1 saturated heterocycles. The molecule has 1 aromatic rings. The molecule has 1 heterocycles. The molecule has 1 aliphatic heterocycles. The van der Waals surface area contributed by atoms with Gasteiger partial charge in [0.15, 0.2) is 0 Å². The summed E-state index contributed by atoms with van der Waals surface area (Å²) in [5.74, 6) is -0.110. The van der Waals surface area contributed by atoms with E-state index in [1.54, 1.807) is 0 Å². The van der Waals surface area contributed by atoms with E-state index in [1.165, 1.54) is 7.11 Å². The number of ether oxygens (including phenoxy) is 2. The number of hydrogen-bond donors (Lipinski definition) is 0. The molecule has 0 bridgehead atoms. The zero-order valence-electron chi connectivity index (χ0n) is 10.2. The second kappa shape index (κ2) is 3.97. The standard InChI is InChI=1S/C14H15ClO3/c1-17-12(16)13(6-7-13)14(8-18-9-14)10-2-4-11(15)5-3-10/h2-5H,6-9H2,1H3. The van der Waals surface area contributed by atoms with Gasteiger partial charge in [0.25, 0.3) is 0 Å². The molecule has 0 amide bonds. The minimum atomic E-state index is -0.381. The van der Waals surface area contributed by atoms with Crippen molar-refractivity contribution in [3.05, 3.63) is 34.9 Å². The molecule has 1 aromatic carbocycles. The van der Waals surface area contributed by atoms with Gasteiger partial charge in [-0.15, -0.1) is 0 Å². The number of halogens is 1. The molecule has 4 heteroatoms. The van der Waals surface area contributed by atoms with E-state index in [2.05, 4.69) is 0 Å². The molecule has 96 valence electrons. The Morgan fingerprint density at radius 1 is 1.28 bits per heavy atom. The van der Waals surface area contributed by atoms with Crippen molar-refractivity contribution >= 4 is 17.6 Å². The van der Waals surface area contributed by atoms with Crippen LogP contribution in [0.5, 0.6) is 0 Å². The lowest BCUT2D eigenvalue weighted by Crippen LogP contribution is -2.56. The van der Waals surface area contributed by atoms with Gasteiger partial charge in [-0.3, -0.25) is 4.79 Å². The molecule has 0 atom stereocenters. The lowest BCUT2D eigenvalue weighted by atomic mass is 9.66. The smallest absolute Gasteiger partial charge is 0.312 e. The highest BCUT2D eigenvalue weighted by molar-refractivity contribution is 6.30. The maximum Gasteiger partial charge on any atom is 0.312 e. The van der Waals surface area contributed by atoms with Crippen molar-refractivity contribution in [1.82, 2.24) is 0 Å². The number of esters is 1. The highest BCUT2D eigenvalue weighted by Gasteiger charge is 2.68. The Morgan fingerprint density at radius 3 is 2.28 bits per heavy atom. The topological polar surface area (TPSA) is 35.5 Å². The van der Waals surface area contributed by atoms with E-state index in [9.17, 15) is 4.79 Å². The summed E-state index contributed by atoms with van der Waals surface area (Å²) in [6, 6.07) is 7.72. The predicted octanol–water partition coefficient (Wildman–Crippen LogP) is 2.56. The molecule has 1 aliphatic carbocycles. The Kier molecular flexibility index (Phi) is 2.65. The molecule has 0 spiro atoms. The molecule has 3 rings (SSSR count). The third-order valence-corrected chi connectivity index (χ3v) is 4.59. The van der Waals surface area contributed by atoms with E-state index in [0.717, 1.165) is 18.4 Å². The van der Waals surface area contributed by atoms with Gasteiger partial charge in [0.1, 0.15) is 0 Å². The third-order valence-electron chi connectivity index (χ3n) is 4.34. The minimum Gasteiger partial charge on any atom is -0.469 e. The second-order valence-electron chi connectivity index (χ2n) is 5.16. The fraction of sp³-hybridized carbons (Fsp3) is 0.500. The summed E-state index contributed by atoms with van der Waals surface area (Å²) in [6.45, 7) is 1.17. The summed E-state index contributed by atoms with van der Waals surface area (Å²) in [5, 5.41) is 0.706. The maximum absolute atomic E-state index is 12.1. The molecular formula is C14H15ClO3. The van der Waals surface area contributed by atoms with Crippen molar-refractivity contribution in [3.8, 4) is 0 Å². The van der Waals surface area contributed by atoms with Gasteiger partial charge in [0.2, 0.25) is 0 Å². The summed E-state index contributed by atoms with van der Waals surface area (Å²) in [7, 11) is 1.46. The fourth-order valence-corrected chi connectivity index (χ4v) is 3.12. The van der Waals surface area contributed by atoms with Crippen molar-refractivity contribution < 1.29 is 14.3 Å². The number of rotatable bonds is 3. The van der Waals surface area contributed by atoms with Crippen LogP contribution >= 0.6 is 11.6 Å². The summed E-state index contributed by atoms with van der Waals surface area (Å²) in [6.07, 6.45) is 1.76. The van der Waals surface area contributed by atoms with Crippen LogP contribution in [-0.2, 0) is 19.7 Å². The van der Waals surface area contributed by atoms with Crippen LogP contribution in [0.4, 0.5) is 0 Å². The molecule has 0 N–H and O–H groups in total. The largest absolute Gasteiger partial charge is 0.469 e. The molecule has 2 aliphatic rings. The quantitative estimate of drug-likeness (QED) is 0.789. The molecule has 18 heavy (non-hydrogen) atoms. The maximum atomic E-state index is 12.1. The predicted molar refractivity (Wildman–Crippen MR) is 67.6 cm³/mol. The van der Waals surface area contributed by atoms with E-state index in [1.807, 2.05) is 24.3 Å². The van der Waals surface area contributed by atoms with Gasteiger partial charge in [-0.25, -0.2) is 0 Å². The average molecular weight is 267 g/mol. The van der Waals surface area contributed by atoms with Crippen molar-refractivity contribution in [2.75, 3.05) is 20.3 Å². The van der Waals surface area contributed by atoms with Crippen LogP contribution in [-0.4, -0.2) is 26.3 Å². The molecule has 0 unspecified atom stereocenters. The van der Waals surface area contributed by atoms with Gasteiger partial charge in [-0.05, 0) is 30.5 Å². The number of hydrogen-bond acceptors (Lipinski definition) is 3. The first-order chi connectivity index (χ1) is 8.64. The van der Waals surface area contributed by atoms with Crippen molar-refractivity contribution in [3.63, 3.8) is 0 Å². The highest BCUT2D eigenvalue weighted by atomic mass is 35.5. The number of carbonyl (C=O) groups is 1. The normalized spacial score (nSPS) is 23.0. The Morgan fingerprint density at radius 2 is 1.89 bits per heavy atom. The van der Waals surface area contributed by atoms with Gasteiger partial charge in [0.05, 0.1) is 31.2 Å². The number of methoxy groups -OCH3 is 1. The lowest BCUT2D eigenvalue weighted by molar-refractivity contribution is -0.164. The lowest BCUT2D eigenvalue weighted by Gasteiger charge is -2.47. The van der Waals surface area contributed by atoms with E-state index >= 15 is 0 Å². The zero-order valence-corrected chi connectivity index (χ0v) is 11.0. The van der Waals surface area contributed by atoms with Gasteiger partial charge in [-0.1, -0.05) is 23.7 Å². The molecule has 3 nitrogen and oxygen atoms in total. The van der Waals surface area contributed by atoms with E-state index < -0.39 is 0 Å².